The Morgan fingerprint density at radius 1 is 0.943 bits per heavy atom. The first kappa shape index (κ1) is 23.6. The summed E-state index contributed by atoms with van der Waals surface area (Å²) in [6.07, 6.45) is 1.94. The predicted molar refractivity (Wildman–Crippen MR) is 139 cm³/mol. The monoisotopic (exact) mass is 473 g/mol. The van der Waals surface area contributed by atoms with Gasteiger partial charge >= 0.3 is 0 Å². The van der Waals surface area contributed by atoms with Crippen molar-refractivity contribution in [2.75, 3.05) is 46.9 Å². The molecule has 1 saturated heterocycles. The Hall–Kier alpha value is -3.16. The topological polar surface area (TPSA) is 59.6 Å². The third-order valence-electron chi connectivity index (χ3n) is 7.20. The number of nitrogens with zero attached hydrogens (tertiary/aromatic N) is 5. The summed E-state index contributed by atoms with van der Waals surface area (Å²) in [7, 11) is 3.91. The number of aromatic nitrogens is 3. The van der Waals surface area contributed by atoms with E-state index in [1.165, 1.54) is 16.8 Å². The van der Waals surface area contributed by atoms with Crippen LogP contribution in [0.4, 0.5) is 0 Å². The molecule has 0 aliphatic carbocycles. The zero-order chi connectivity index (χ0) is 24.4. The van der Waals surface area contributed by atoms with E-state index >= 15 is 0 Å². The van der Waals surface area contributed by atoms with Gasteiger partial charge in [0.25, 0.3) is 0 Å². The molecule has 184 valence electrons. The number of ether oxygens (including phenoxy) is 1. The minimum atomic E-state index is 0.809. The first-order valence-electron chi connectivity index (χ1n) is 12.5. The van der Waals surface area contributed by atoms with Gasteiger partial charge in [0.05, 0.1) is 35.1 Å². The second kappa shape index (κ2) is 10.2. The molecule has 4 aromatic rings. The molecule has 3 aromatic heterocycles. The van der Waals surface area contributed by atoms with Crippen LogP contribution >= 0.6 is 0 Å². The molecule has 1 fully saturated rings. The average molecular weight is 474 g/mol. The molecule has 0 bridgehead atoms. The van der Waals surface area contributed by atoms with Gasteiger partial charge in [-0.05, 0) is 69.6 Å². The van der Waals surface area contributed by atoms with Crippen molar-refractivity contribution in [2.45, 2.75) is 33.2 Å². The van der Waals surface area contributed by atoms with Crippen molar-refractivity contribution in [3.63, 3.8) is 0 Å². The standard InChI is InChI=1S/C28H35N5O2/c1-20-28(21(2)35-30-20)25-11-12-27-26(29-25)19-23(8-5-22-6-9-24(34-4)10-7-22)33(27)18-17-32-15-13-31(3)14-16-32/h6-7,9-12,19H,5,8,13-18H2,1-4H3. The van der Waals surface area contributed by atoms with E-state index in [4.69, 9.17) is 14.2 Å². The minimum absolute atomic E-state index is 0.809. The van der Waals surface area contributed by atoms with Crippen LogP contribution in [0, 0.1) is 13.8 Å². The van der Waals surface area contributed by atoms with Crippen molar-refractivity contribution < 1.29 is 9.26 Å². The highest BCUT2D eigenvalue weighted by Gasteiger charge is 2.18. The molecule has 5 rings (SSSR count). The van der Waals surface area contributed by atoms with E-state index in [1.54, 1.807) is 7.11 Å². The van der Waals surface area contributed by atoms with E-state index in [2.05, 4.69) is 56.9 Å². The zero-order valence-corrected chi connectivity index (χ0v) is 21.3. The summed E-state index contributed by atoms with van der Waals surface area (Å²) in [5, 5.41) is 4.12. The first-order chi connectivity index (χ1) is 17.0. The first-order valence-corrected chi connectivity index (χ1v) is 12.5. The van der Waals surface area contributed by atoms with E-state index in [1.807, 2.05) is 26.0 Å². The molecular formula is C28H35N5O2. The van der Waals surface area contributed by atoms with Crippen LogP contribution in [0.2, 0.25) is 0 Å². The normalized spacial score (nSPS) is 15.2. The molecule has 1 aliphatic rings. The van der Waals surface area contributed by atoms with Gasteiger partial charge in [0, 0.05) is 45.0 Å². The van der Waals surface area contributed by atoms with E-state index in [0.29, 0.717) is 0 Å². The number of piperazine rings is 1. The number of benzene rings is 1. The number of methoxy groups -OCH3 is 1. The third-order valence-corrected chi connectivity index (χ3v) is 7.20. The molecule has 1 aromatic carbocycles. The maximum atomic E-state index is 5.39. The smallest absolute Gasteiger partial charge is 0.143 e. The van der Waals surface area contributed by atoms with Gasteiger partial charge in [0.2, 0.25) is 0 Å². The summed E-state index contributed by atoms with van der Waals surface area (Å²) in [6, 6.07) is 15.0. The van der Waals surface area contributed by atoms with Gasteiger partial charge < -0.3 is 18.7 Å². The second-order valence-electron chi connectivity index (χ2n) is 9.58. The number of aryl methyl sites for hydroxylation is 4. The molecule has 0 radical (unpaired) electrons. The fourth-order valence-corrected chi connectivity index (χ4v) is 5.03. The molecule has 35 heavy (non-hydrogen) atoms. The Bertz CT molecular complexity index is 1260. The lowest BCUT2D eigenvalue weighted by Gasteiger charge is -2.32. The van der Waals surface area contributed by atoms with Crippen LogP contribution in [-0.4, -0.2) is 71.4 Å². The lowest BCUT2D eigenvalue weighted by molar-refractivity contribution is 0.150. The predicted octanol–water partition coefficient (Wildman–Crippen LogP) is 4.35. The molecule has 4 heterocycles. The molecule has 0 atom stereocenters. The van der Waals surface area contributed by atoms with Crippen molar-refractivity contribution in [2.24, 2.45) is 0 Å². The van der Waals surface area contributed by atoms with Gasteiger partial charge in [-0.2, -0.15) is 0 Å². The lowest BCUT2D eigenvalue weighted by atomic mass is 10.1. The molecule has 7 nitrogen and oxygen atoms in total. The van der Waals surface area contributed by atoms with Gasteiger partial charge in [-0.1, -0.05) is 17.3 Å². The second-order valence-corrected chi connectivity index (χ2v) is 9.58. The third kappa shape index (κ3) is 5.11. The summed E-state index contributed by atoms with van der Waals surface area (Å²) in [6.45, 7) is 10.5. The van der Waals surface area contributed by atoms with Gasteiger partial charge in [-0.15, -0.1) is 0 Å². The number of pyridine rings is 1. The Labute approximate surface area is 207 Å². The van der Waals surface area contributed by atoms with Crippen LogP contribution < -0.4 is 4.74 Å². The van der Waals surface area contributed by atoms with Crippen molar-refractivity contribution in [1.29, 1.82) is 0 Å². The zero-order valence-electron chi connectivity index (χ0n) is 21.3. The van der Waals surface area contributed by atoms with Gasteiger partial charge in [-0.3, -0.25) is 4.90 Å². The van der Waals surface area contributed by atoms with E-state index in [9.17, 15) is 0 Å². The Balaban J connectivity index is 1.43. The maximum absolute atomic E-state index is 5.39. The summed E-state index contributed by atoms with van der Waals surface area (Å²) < 4.78 is 13.2. The highest BCUT2D eigenvalue weighted by molar-refractivity contribution is 5.81. The van der Waals surface area contributed by atoms with Crippen molar-refractivity contribution in [1.82, 2.24) is 24.5 Å². The van der Waals surface area contributed by atoms with Crippen LogP contribution in [0.25, 0.3) is 22.3 Å². The molecule has 0 saturated carbocycles. The number of hydrogen-bond donors (Lipinski definition) is 0. The number of hydrogen-bond acceptors (Lipinski definition) is 6. The lowest BCUT2D eigenvalue weighted by Crippen LogP contribution is -2.45. The molecule has 0 amide bonds. The Kier molecular flexibility index (Phi) is 6.88. The van der Waals surface area contributed by atoms with Gasteiger partial charge in [-0.25, -0.2) is 4.98 Å². The highest BCUT2D eigenvalue weighted by atomic mass is 16.5. The van der Waals surface area contributed by atoms with Crippen LogP contribution in [-0.2, 0) is 19.4 Å². The number of rotatable bonds is 8. The van der Waals surface area contributed by atoms with Gasteiger partial charge in [0.15, 0.2) is 0 Å². The van der Waals surface area contributed by atoms with Crippen LogP contribution in [0.15, 0.2) is 47.0 Å². The maximum Gasteiger partial charge on any atom is 0.143 e. The van der Waals surface area contributed by atoms with Crippen molar-refractivity contribution in [3.05, 3.63) is 65.2 Å². The summed E-state index contributed by atoms with van der Waals surface area (Å²) in [5.74, 6) is 1.70. The highest BCUT2D eigenvalue weighted by Crippen LogP contribution is 2.29. The quantitative estimate of drug-likeness (QED) is 0.379. The molecular weight excluding hydrogens is 438 g/mol. The van der Waals surface area contributed by atoms with Crippen LogP contribution in [0.5, 0.6) is 5.75 Å². The molecule has 7 heteroatoms. The molecule has 0 spiro atoms. The Morgan fingerprint density at radius 2 is 1.71 bits per heavy atom. The van der Waals surface area contributed by atoms with Crippen LogP contribution in [0.3, 0.4) is 0 Å². The van der Waals surface area contributed by atoms with E-state index in [0.717, 1.165) is 86.1 Å². The summed E-state index contributed by atoms with van der Waals surface area (Å²) in [5.41, 5.74) is 7.66. The molecule has 0 unspecified atom stereocenters. The SMILES string of the molecule is COc1ccc(CCc2cc3nc(-c4c(C)noc4C)ccc3n2CCN2CCN(C)CC2)cc1. The fraction of sp³-hybridized carbons (Fsp3) is 0.429. The van der Waals surface area contributed by atoms with Crippen LogP contribution in [0.1, 0.15) is 22.7 Å². The average Bonchev–Trinajstić information content (AvgIpc) is 3.40. The minimum Gasteiger partial charge on any atom is -0.497 e. The summed E-state index contributed by atoms with van der Waals surface area (Å²) >= 11 is 0. The molecule has 0 N–H and O–H groups in total. The van der Waals surface area contributed by atoms with E-state index in [-0.39, 0.29) is 0 Å². The fourth-order valence-electron chi connectivity index (χ4n) is 5.03. The van der Waals surface area contributed by atoms with Gasteiger partial charge in [0.1, 0.15) is 11.5 Å². The van der Waals surface area contributed by atoms with E-state index < -0.39 is 0 Å². The molecule has 1 aliphatic heterocycles. The summed E-state index contributed by atoms with van der Waals surface area (Å²) in [4.78, 5) is 10.0. The van der Waals surface area contributed by atoms with Crippen molar-refractivity contribution >= 4 is 11.0 Å². The van der Waals surface area contributed by atoms with Crippen molar-refractivity contribution in [3.8, 4) is 17.0 Å². The number of fused-ring (bicyclic) bond motifs is 1. The number of likely N-dealkylation sites (N-methyl/N-ethyl adjacent to an activating group) is 1. The largest absolute Gasteiger partial charge is 0.497 e. The Morgan fingerprint density at radius 3 is 2.40 bits per heavy atom.